The second-order valence-electron chi connectivity index (χ2n) is 4.62. The molecule has 0 aromatic heterocycles. The molecule has 0 atom stereocenters. The van der Waals surface area contributed by atoms with Crippen molar-refractivity contribution in [2.24, 2.45) is 5.73 Å². The van der Waals surface area contributed by atoms with E-state index in [0.717, 1.165) is 32.5 Å². The summed E-state index contributed by atoms with van der Waals surface area (Å²) in [6.07, 6.45) is 1.76. The summed E-state index contributed by atoms with van der Waals surface area (Å²) in [6, 6.07) is 0.0985. The van der Waals surface area contributed by atoms with Crippen LogP contribution in [0.5, 0.6) is 0 Å². The fourth-order valence-electron chi connectivity index (χ4n) is 1.83. The first-order valence-corrected chi connectivity index (χ1v) is 7.44. The highest BCUT2D eigenvalue weighted by Crippen LogP contribution is 2.11. The van der Waals surface area contributed by atoms with Crippen LogP contribution < -0.4 is 10.5 Å². The molecule has 1 aliphatic heterocycles. The fourth-order valence-corrected chi connectivity index (χ4v) is 2.80. The van der Waals surface area contributed by atoms with Gasteiger partial charge in [-0.05, 0) is 39.8 Å². The number of nitrogens with two attached hydrogens (primary N) is 1. The molecular weight excluding hydrogens is 226 g/mol. The van der Waals surface area contributed by atoms with Gasteiger partial charge in [0, 0.05) is 19.1 Å². The lowest BCUT2D eigenvalue weighted by Gasteiger charge is -2.32. The summed E-state index contributed by atoms with van der Waals surface area (Å²) in [5.41, 5.74) is 5.48. The average molecular weight is 249 g/mol. The van der Waals surface area contributed by atoms with Gasteiger partial charge in [-0.2, -0.15) is 0 Å². The SMILES string of the molecule is CC(C)S(=O)(=O)NC1CCN(CCN)CC1. The highest BCUT2D eigenvalue weighted by molar-refractivity contribution is 7.90. The quantitative estimate of drug-likeness (QED) is 0.704. The zero-order valence-electron chi connectivity index (χ0n) is 10.1. The number of nitrogens with zero attached hydrogens (tertiary/aromatic N) is 1. The van der Waals surface area contributed by atoms with Crippen molar-refractivity contribution in [2.75, 3.05) is 26.2 Å². The zero-order valence-corrected chi connectivity index (χ0v) is 11.0. The van der Waals surface area contributed by atoms with E-state index in [-0.39, 0.29) is 11.3 Å². The minimum atomic E-state index is -3.12. The molecule has 3 N–H and O–H groups in total. The second kappa shape index (κ2) is 5.95. The minimum Gasteiger partial charge on any atom is -0.329 e. The molecule has 0 saturated carbocycles. The van der Waals surface area contributed by atoms with Gasteiger partial charge in [-0.25, -0.2) is 13.1 Å². The Morgan fingerprint density at radius 3 is 2.38 bits per heavy atom. The van der Waals surface area contributed by atoms with Gasteiger partial charge in [0.05, 0.1) is 5.25 Å². The molecule has 0 unspecified atom stereocenters. The Labute approximate surface area is 98.4 Å². The smallest absolute Gasteiger partial charge is 0.214 e. The first kappa shape index (κ1) is 13.9. The van der Waals surface area contributed by atoms with E-state index in [2.05, 4.69) is 9.62 Å². The van der Waals surface area contributed by atoms with Crippen LogP contribution in [0.3, 0.4) is 0 Å². The van der Waals surface area contributed by atoms with E-state index in [4.69, 9.17) is 5.73 Å². The van der Waals surface area contributed by atoms with Crippen LogP contribution in [-0.2, 0) is 10.0 Å². The number of piperidine rings is 1. The summed E-state index contributed by atoms with van der Waals surface area (Å²) in [5, 5.41) is -0.352. The van der Waals surface area contributed by atoms with Crippen molar-refractivity contribution < 1.29 is 8.42 Å². The van der Waals surface area contributed by atoms with Gasteiger partial charge in [0.25, 0.3) is 0 Å². The van der Waals surface area contributed by atoms with Crippen molar-refractivity contribution in [1.82, 2.24) is 9.62 Å². The van der Waals surface area contributed by atoms with Crippen LogP contribution in [0.4, 0.5) is 0 Å². The van der Waals surface area contributed by atoms with Crippen LogP contribution in [0.25, 0.3) is 0 Å². The normalized spacial score (nSPS) is 20.5. The molecule has 0 aliphatic carbocycles. The number of sulfonamides is 1. The molecule has 1 aliphatic rings. The van der Waals surface area contributed by atoms with Crippen molar-refractivity contribution in [3.05, 3.63) is 0 Å². The van der Waals surface area contributed by atoms with Gasteiger partial charge >= 0.3 is 0 Å². The van der Waals surface area contributed by atoms with Crippen molar-refractivity contribution in [3.8, 4) is 0 Å². The van der Waals surface area contributed by atoms with E-state index < -0.39 is 10.0 Å². The van der Waals surface area contributed by atoms with Crippen molar-refractivity contribution in [1.29, 1.82) is 0 Å². The van der Waals surface area contributed by atoms with Gasteiger partial charge in [0.2, 0.25) is 10.0 Å². The van der Waals surface area contributed by atoms with Crippen molar-refractivity contribution in [2.45, 2.75) is 38.0 Å². The lowest BCUT2D eigenvalue weighted by Crippen LogP contribution is -2.47. The molecule has 16 heavy (non-hydrogen) atoms. The molecule has 0 aromatic carbocycles. The molecule has 1 rings (SSSR count). The number of likely N-dealkylation sites (tertiary alicyclic amines) is 1. The zero-order chi connectivity index (χ0) is 12.2. The summed E-state index contributed by atoms with van der Waals surface area (Å²) in [7, 11) is -3.12. The Bertz CT molecular complexity index is 295. The Kier molecular flexibility index (Phi) is 5.17. The van der Waals surface area contributed by atoms with E-state index in [1.54, 1.807) is 13.8 Å². The van der Waals surface area contributed by atoms with Crippen LogP contribution in [-0.4, -0.2) is 50.8 Å². The minimum absolute atomic E-state index is 0.0985. The van der Waals surface area contributed by atoms with Gasteiger partial charge in [0.1, 0.15) is 0 Å². The molecule has 96 valence electrons. The van der Waals surface area contributed by atoms with Gasteiger partial charge in [0.15, 0.2) is 0 Å². The van der Waals surface area contributed by atoms with Crippen LogP contribution in [0.15, 0.2) is 0 Å². The Morgan fingerprint density at radius 2 is 1.94 bits per heavy atom. The summed E-state index contributed by atoms with van der Waals surface area (Å²) < 4.78 is 26.1. The number of hydrogen-bond donors (Lipinski definition) is 2. The Morgan fingerprint density at radius 1 is 1.38 bits per heavy atom. The molecule has 0 spiro atoms. The Balaban J connectivity index is 2.38. The number of hydrogen-bond acceptors (Lipinski definition) is 4. The van der Waals surface area contributed by atoms with Crippen LogP contribution in [0.1, 0.15) is 26.7 Å². The van der Waals surface area contributed by atoms with E-state index in [0.29, 0.717) is 6.54 Å². The van der Waals surface area contributed by atoms with Crippen LogP contribution >= 0.6 is 0 Å². The second-order valence-corrected chi connectivity index (χ2v) is 6.88. The summed E-state index contributed by atoms with van der Waals surface area (Å²) in [4.78, 5) is 2.28. The molecule has 1 fully saturated rings. The molecule has 0 aromatic rings. The van der Waals surface area contributed by atoms with E-state index in [1.165, 1.54) is 0 Å². The van der Waals surface area contributed by atoms with Gasteiger partial charge < -0.3 is 10.6 Å². The summed E-state index contributed by atoms with van der Waals surface area (Å²) in [5.74, 6) is 0. The molecule has 0 radical (unpaired) electrons. The predicted molar refractivity (Wildman–Crippen MR) is 65.7 cm³/mol. The average Bonchev–Trinajstić information content (AvgIpc) is 2.21. The van der Waals surface area contributed by atoms with E-state index >= 15 is 0 Å². The first-order chi connectivity index (χ1) is 7.45. The largest absolute Gasteiger partial charge is 0.329 e. The molecular formula is C10H23N3O2S. The topological polar surface area (TPSA) is 75.4 Å². The summed E-state index contributed by atoms with van der Waals surface area (Å²) in [6.45, 7) is 6.84. The number of nitrogens with one attached hydrogen (secondary N) is 1. The third-order valence-electron chi connectivity index (χ3n) is 2.98. The van der Waals surface area contributed by atoms with Gasteiger partial charge in [-0.3, -0.25) is 0 Å². The molecule has 6 heteroatoms. The molecule has 5 nitrogen and oxygen atoms in total. The number of rotatable bonds is 5. The fraction of sp³-hybridized carbons (Fsp3) is 1.00. The summed E-state index contributed by atoms with van der Waals surface area (Å²) >= 11 is 0. The lowest BCUT2D eigenvalue weighted by atomic mass is 10.1. The van der Waals surface area contributed by atoms with E-state index in [9.17, 15) is 8.42 Å². The maximum atomic E-state index is 11.7. The Hall–Kier alpha value is -0.170. The van der Waals surface area contributed by atoms with Gasteiger partial charge in [-0.1, -0.05) is 0 Å². The standard InChI is InChI=1S/C10H23N3O2S/c1-9(2)16(14,15)12-10-3-6-13(7-4-10)8-5-11/h9-10,12H,3-8,11H2,1-2H3. The lowest BCUT2D eigenvalue weighted by molar-refractivity contribution is 0.212. The maximum absolute atomic E-state index is 11.7. The van der Waals surface area contributed by atoms with Crippen molar-refractivity contribution >= 4 is 10.0 Å². The van der Waals surface area contributed by atoms with Crippen LogP contribution in [0.2, 0.25) is 0 Å². The highest BCUT2D eigenvalue weighted by atomic mass is 32.2. The molecule has 1 heterocycles. The van der Waals surface area contributed by atoms with E-state index in [1.807, 2.05) is 0 Å². The van der Waals surface area contributed by atoms with Crippen molar-refractivity contribution in [3.63, 3.8) is 0 Å². The molecule has 1 saturated heterocycles. The predicted octanol–water partition coefficient (Wildman–Crippen LogP) is -0.263. The monoisotopic (exact) mass is 249 g/mol. The highest BCUT2D eigenvalue weighted by Gasteiger charge is 2.24. The van der Waals surface area contributed by atoms with Gasteiger partial charge in [-0.15, -0.1) is 0 Å². The molecule has 0 bridgehead atoms. The third-order valence-corrected chi connectivity index (χ3v) is 4.89. The van der Waals surface area contributed by atoms with Crippen LogP contribution in [0, 0.1) is 0 Å². The first-order valence-electron chi connectivity index (χ1n) is 5.89. The molecule has 0 amide bonds. The third kappa shape index (κ3) is 4.01. The maximum Gasteiger partial charge on any atom is 0.214 e.